The second kappa shape index (κ2) is 6.44. The second-order valence-corrected chi connectivity index (χ2v) is 5.33. The number of hydrogen-bond donors (Lipinski definition) is 1. The Bertz CT molecular complexity index is 649. The molecule has 1 N–H and O–H groups in total. The number of amides is 1. The number of ether oxygens (including phenoxy) is 1. The highest BCUT2D eigenvalue weighted by Gasteiger charge is 2.16. The summed E-state index contributed by atoms with van der Waals surface area (Å²) >= 11 is 0. The molecule has 0 aromatic heterocycles. The number of hydrogen-bond acceptors (Lipinski definition) is 2. The standard InChI is InChI=1S/C18H21NO2/c1-12-9-10-17(14(3)11-12)21-15(4)18(20)19-16-8-6-5-7-13(16)2/h5-11,15H,1-4H3,(H,19,20). The van der Waals surface area contributed by atoms with Gasteiger partial charge < -0.3 is 10.1 Å². The zero-order valence-corrected chi connectivity index (χ0v) is 12.9. The number of rotatable bonds is 4. The van der Waals surface area contributed by atoms with Crippen molar-refractivity contribution in [1.29, 1.82) is 0 Å². The van der Waals surface area contributed by atoms with E-state index in [2.05, 4.69) is 5.32 Å². The van der Waals surface area contributed by atoms with E-state index in [0.717, 1.165) is 22.6 Å². The van der Waals surface area contributed by atoms with Gasteiger partial charge in [-0.25, -0.2) is 0 Å². The Hall–Kier alpha value is -2.29. The second-order valence-electron chi connectivity index (χ2n) is 5.33. The van der Waals surface area contributed by atoms with E-state index in [1.807, 2.05) is 63.2 Å². The lowest BCUT2D eigenvalue weighted by atomic mass is 10.1. The molecular weight excluding hydrogens is 262 g/mol. The Balaban J connectivity index is 2.04. The molecule has 0 saturated carbocycles. The van der Waals surface area contributed by atoms with Crippen molar-refractivity contribution in [3.63, 3.8) is 0 Å². The number of carbonyl (C=O) groups is 1. The van der Waals surface area contributed by atoms with Crippen molar-refractivity contribution in [2.75, 3.05) is 5.32 Å². The van der Waals surface area contributed by atoms with Crippen molar-refractivity contribution in [2.24, 2.45) is 0 Å². The minimum Gasteiger partial charge on any atom is -0.481 e. The maximum atomic E-state index is 12.2. The summed E-state index contributed by atoms with van der Waals surface area (Å²) in [4.78, 5) is 12.2. The zero-order valence-electron chi connectivity index (χ0n) is 12.9. The molecule has 2 aromatic rings. The van der Waals surface area contributed by atoms with E-state index in [4.69, 9.17) is 4.74 Å². The molecule has 0 saturated heterocycles. The molecule has 0 aliphatic heterocycles. The molecule has 21 heavy (non-hydrogen) atoms. The van der Waals surface area contributed by atoms with Crippen molar-refractivity contribution in [2.45, 2.75) is 33.8 Å². The van der Waals surface area contributed by atoms with Gasteiger partial charge in [0.1, 0.15) is 5.75 Å². The van der Waals surface area contributed by atoms with Crippen LogP contribution in [0.25, 0.3) is 0 Å². The zero-order chi connectivity index (χ0) is 15.4. The van der Waals surface area contributed by atoms with Crippen LogP contribution in [0.3, 0.4) is 0 Å². The van der Waals surface area contributed by atoms with Gasteiger partial charge in [-0.3, -0.25) is 4.79 Å². The molecule has 0 heterocycles. The molecule has 3 heteroatoms. The predicted molar refractivity (Wildman–Crippen MR) is 85.8 cm³/mol. The summed E-state index contributed by atoms with van der Waals surface area (Å²) in [6, 6.07) is 13.6. The topological polar surface area (TPSA) is 38.3 Å². The lowest BCUT2D eigenvalue weighted by molar-refractivity contribution is -0.122. The van der Waals surface area contributed by atoms with E-state index in [0.29, 0.717) is 0 Å². The van der Waals surface area contributed by atoms with Crippen LogP contribution in [0.4, 0.5) is 5.69 Å². The first-order valence-electron chi connectivity index (χ1n) is 7.08. The average Bonchev–Trinajstić information content (AvgIpc) is 2.44. The molecule has 0 aliphatic rings. The quantitative estimate of drug-likeness (QED) is 0.920. The van der Waals surface area contributed by atoms with Gasteiger partial charge >= 0.3 is 0 Å². The first kappa shape index (κ1) is 15.1. The van der Waals surface area contributed by atoms with Crippen LogP contribution in [0.15, 0.2) is 42.5 Å². The molecule has 1 amide bonds. The molecule has 1 atom stereocenters. The van der Waals surface area contributed by atoms with Crippen LogP contribution in [0.1, 0.15) is 23.6 Å². The van der Waals surface area contributed by atoms with Crippen molar-refractivity contribution in [3.05, 3.63) is 59.2 Å². The Morgan fingerprint density at radius 1 is 1.05 bits per heavy atom. The van der Waals surface area contributed by atoms with E-state index in [9.17, 15) is 4.79 Å². The van der Waals surface area contributed by atoms with Gasteiger partial charge in [-0.2, -0.15) is 0 Å². The Morgan fingerprint density at radius 2 is 1.76 bits per heavy atom. The molecule has 2 rings (SSSR count). The summed E-state index contributed by atoms with van der Waals surface area (Å²) in [7, 11) is 0. The SMILES string of the molecule is Cc1ccc(OC(C)C(=O)Nc2ccccc2C)c(C)c1. The first-order valence-corrected chi connectivity index (χ1v) is 7.08. The van der Waals surface area contributed by atoms with E-state index < -0.39 is 6.10 Å². The van der Waals surface area contributed by atoms with Gasteiger partial charge in [-0.1, -0.05) is 35.9 Å². The lowest BCUT2D eigenvalue weighted by Gasteiger charge is -2.17. The highest BCUT2D eigenvalue weighted by molar-refractivity contribution is 5.94. The molecule has 2 aromatic carbocycles. The van der Waals surface area contributed by atoms with Gasteiger partial charge in [0.2, 0.25) is 0 Å². The molecule has 3 nitrogen and oxygen atoms in total. The summed E-state index contributed by atoms with van der Waals surface area (Å²) < 4.78 is 5.76. The monoisotopic (exact) mass is 283 g/mol. The summed E-state index contributed by atoms with van der Waals surface area (Å²) in [5.41, 5.74) is 4.06. The van der Waals surface area contributed by atoms with E-state index >= 15 is 0 Å². The van der Waals surface area contributed by atoms with Crippen LogP contribution in [0.2, 0.25) is 0 Å². The number of aryl methyl sites for hydroxylation is 3. The van der Waals surface area contributed by atoms with Crippen LogP contribution < -0.4 is 10.1 Å². The molecule has 0 fully saturated rings. The smallest absolute Gasteiger partial charge is 0.265 e. The van der Waals surface area contributed by atoms with Crippen LogP contribution >= 0.6 is 0 Å². The Kier molecular flexibility index (Phi) is 4.63. The van der Waals surface area contributed by atoms with Gasteiger partial charge in [0, 0.05) is 5.69 Å². The average molecular weight is 283 g/mol. The minimum absolute atomic E-state index is 0.149. The fourth-order valence-corrected chi connectivity index (χ4v) is 2.12. The molecular formula is C18H21NO2. The summed E-state index contributed by atoms with van der Waals surface area (Å²) in [6.45, 7) is 7.73. The van der Waals surface area contributed by atoms with Crippen LogP contribution in [0.5, 0.6) is 5.75 Å². The molecule has 0 radical (unpaired) electrons. The third kappa shape index (κ3) is 3.85. The van der Waals surface area contributed by atoms with E-state index in [-0.39, 0.29) is 5.91 Å². The fraction of sp³-hybridized carbons (Fsp3) is 0.278. The van der Waals surface area contributed by atoms with Crippen LogP contribution in [-0.2, 0) is 4.79 Å². The van der Waals surface area contributed by atoms with Gasteiger partial charge in [0.25, 0.3) is 5.91 Å². The number of nitrogens with one attached hydrogen (secondary N) is 1. The number of para-hydroxylation sites is 1. The normalized spacial score (nSPS) is 11.8. The van der Waals surface area contributed by atoms with Gasteiger partial charge in [0.05, 0.1) is 0 Å². The summed E-state index contributed by atoms with van der Waals surface area (Å²) in [5, 5.41) is 2.90. The number of carbonyl (C=O) groups excluding carboxylic acids is 1. The van der Waals surface area contributed by atoms with Gasteiger partial charge in [0.15, 0.2) is 6.10 Å². The van der Waals surface area contributed by atoms with Crippen molar-refractivity contribution in [1.82, 2.24) is 0 Å². The maximum absolute atomic E-state index is 12.2. The molecule has 0 spiro atoms. The largest absolute Gasteiger partial charge is 0.481 e. The number of benzene rings is 2. The fourth-order valence-electron chi connectivity index (χ4n) is 2.12. The van der Waals surface area contributed by atoms with Gasteiger partial charge in [-0.05, 0) is 51.0 Å². The summed E-state index contributed by atoms with van der Waals surface area (Å²) in [6.07, 6.45) is -0.550. The van der Waals surface area contributed by atoms with Crippen LogP contribution in [-0.4, -0.2) is 12.0 Å². The van der Waals surface area contributed by atoms with E-state index in [1.165, 1.54) is 5.56 Å². The van der Waals surface area contributed by atoms with Crippen molar-refractivity contribution >= 4 is 11.6 Å². The lowest BCUT2D eigenvalue weighted by Crippen LogP contribution is -2.30. The molecule has 0 aliphatic carbocycles. The van der Waals surface area contributed by atoms with E-state index in [1.54, 1.807) is 6.92 Å². The first-order chi connectivity index (χ1) is 9.97. The minimum atomic E-state index is -0.550. The molecule has 1 unspecified atom stereocenters. The maximum Gasteiger partial charge on any atom is 0.265 e. The third-order valence-electron chi connectivity index (χ3n) is 3.41. The molecule has 0 bridgehead atoms. The Labute approximate surface area is 126 Å². The third-order valence-corrected chi connectivity index (χ3v) is 3.41. The number of anilines is 1. The Morgan fingerprint density at radius 3 is 2.43 bits per heavy atom. The van der Waals surface area contributed by atoms with Crippen molar-refractivity contribution < 1.29 is 9.53 Å². The van der Waals surface area contributed by atoms with Crippen molar-refractivity contribution in [3.8, 4) is 5.75 Å². The molecule has 110 valence electrons. The van der Waals surface area contributed by atoms with Crippen LogP contribution in [0, 0.1) is 20.8 Å². The summed E-state index contributed by atoms with van der Waals surface area (Å²) in [5.74, 6) is 0.595. The highest BCUT2D eigenvalue weighted by atomic mass is 16.5. The predicted octanol–water partition coefficient (Wildman–Crippen LogP) is 4.02. The highest BCUT2D eigenvalue weighted by Crippen LogP contribution is 2.21. The van der Waals surface area contributed by atoms with Gasteiger partial charge in [-0.15, -0.1) is 0 Å².